The summed E-state index contributed by atoms with van der Waals surface area (Å²) in [5, 5.41) is 0. The highest BCUT2D eigenvalue weighted by Crippen LogP contribution is 2.40. The molecule has 2 fully saturated rings. The van der Waals surface area contributed by atoms with Gasteiger partial charge in [0.2, 0.25) is 5.91 Å². The van der Waals surface area contributed by atoms with Crippen molar-refractivity contribution in [2.75, 3.05) is 13.1 Å². The van der Waals surface area contributed by atoms with Crippen LogP contribution in [0, 0.1) is 11.8 Å². The van der Waals surface area contributed by atoms with E-state index < -0.39 is 0 Å². The summed E-state index contributed by atoms with van der Waals surface area (Å²) in [5.41, 5.74) is 0. The molecule has 2 atom stereocenters. The first-order valence-electron chi connectivity index (χ1n) is 5.05. The number of nitrogens with zero attached hydrogens (tertiary/aromatic N) is 1. The molecule has 0 N–H and O–H groups in total. The first-order valence-corrected chi connectivity index (χ1v) is 5.05. The van der Waals surface area contributed by atoms with Gasteiger partial charge in [0.05, 0.1) is 0 Å². The second-order valence-corrected chi connectivity index (χ2v) is 4.27. The molecule has 0 spiro atoms. The maximum Gasteiger partial charge on any atom is 0.222 e. The minimum absolute atomic E-state index is 0.404. The average molecular weight is 167 g/mol. The zero-order valence-corrected chi connectivity index (χ0v) is 7.75. The Kier molecular flexibility index (Phi) is 2.07. The Morgan fingerprint density at radius 2 is 2.00 bits per heavy atom. The summed E-state index contributed by atoms with van der Waals surface area (Å²) >= 11 is 0. The molecule has 1 heterocycles. The van der Waals surface area contributed by atoms with Gasteiger partial charge in [-0.25, -0.2) is 0 Å². The molecule has 68 valence electrons. The van der Waals surface area contributed by atoms with Crippen molar-refractivity contribution >= 4 is 5.91 Å². The lowest BCUT2D eigenvalue weighted by Crippen LogP contribution is -2.27. The predicted molar refractivity (Wildman–Crippen MR) is 47.7 cm³/mol. The molecule has 1 aliphatic heterocycles. The number of carbonyl (C=O) groups is 1. The van der Waals surface area contributed by atoms with Crippen LogP contribution in [-0.4, -0.2) is 23.9 Å². The van der Waals surface area contributed by atoms with Crippen molar-refractivity contribution in [2.45, 2.75) is 32.6 Å². The minimum atomic E-state index is 0.404. The van der Waals surface area contributed by atoms with Gasteiger partial charge in [0, 0.05) is 19.5 Å². The fraction of sp³-hybridized carbons (Fsp3) is 0.900. The van der Waals surface area contributed by atoms with Gasteiger partial charge in [-0.3, -0.25) is 4.79 Å². The Labute approximate surface area is 73.9 Å². The van der Waals surface area contributed by atoms with Crippen molar-refractivity contribution in [3.63, 3.8) is 0 Å². The van der Waals surface area contributed by atoms with Crippen LogP contribution < -0.4 is 0 Å². The molecule has 12 heavy (non-hydrogen) atoms. The van der Waals surface area contributed by atoms with E-state index in [1.165, 1.54) is 19.3 Å². The highest BCUT2D eigenvalue weighted by atomic mass is 16.2. The van der Waals surface area contributed by atoms with Crippen LogP contribution in [0.4, 0.5) is 0 Å². The number of hydrogen-bond donors (Lipinski definition) is 0. The number of likely N-dealkylation sites (tertiary alicyclic amines) is 1. The maximum absolute atomic E-state index is 11.6. The average Bonchev–Trinajstić information content (AvgIpc) is 2.58. The molecule has 2 aliphatic rings. The molecule has 0 aromatic carbocycles. The van der Waals surface area contributed by atoms with E-state index in [1.807, 2.05) is 4.90 Å². The van der Waals surface area contributed by atoms with Gasteiger partial charge < -0.3 is 4.90 Å². The molecule has 2 nitrogen and oxygen atoms in total. The summed E-state index contributed by atoms with van der Waals surface area (Å²) in [6.45, 7) is 4.27. The van der Waals surface area contributed by atoms with Gasteiger partial charge in [-0.15, -0.1) is 0 Å². The van der Waals surface area contributed by atoms with E-state index in [1.54, 1.807) is 0 Å². The monoisotopic (exact) mass is 167 g/mol. The smallest absolute Gasteiger partial charge is 0.222 e. The summed E-state index contributed by atoms with van der Waals surface area (Å²) in [6.07, 6.45) is 4.53. The third kappa shape index (κ3) is 1.62. The molecule has 1 amide bonds. The van der Waals surface area contributed by atoms with Crippen molar-refractivity contribution in [2.24, 2.45) is 11.8 Å². The number of amides is 1. The SMILES string of the molecule is CC1CC1CC(=O)N1CCCC1. The van der Waals surface area contributed by atoms with Crippen molar-refractivity contribution in [3.8, 4) is 0 Å². The van der Waals surface area contributed by atoms with Crippen LogP contribution in [0.3, 0.4) is 0 Å². The Hall–Kier alpha value is -0.530. The van der Waals surface area contributed by atoms with Crippen LogP contribution in [0.5, 0.6) is 0 Å². The van der Waals surface area contributed by atoms with Crippen LogP contribution in [0.2, 0.25) is 0 Å². The lowest BCUT2D eigenvalue weighted by molar-refractivity contribution is -0.130. The molecule has 0 aromatic heterocycles. The fourth-order valence-electron chi connectivity index (χ4n) is 2.00. The number of carbonyl (C=O) groups excluding carboxylic acids is 1. The third-order valence-corrected chi connectivity index (χ3v) is 3.17. The summed E-state index contributed by atoms with van der Waals surface area (Å²) < 4.78 is 0. The molecule has 0 aromatic rings. The van der Waals surface area contributed by atoms with Gasteiger partial charge in [-0.05, 0) is 31.1 Å². The first-order chi connectivity index (χ1) is 5.77. The largest absolute Gasteiger partial charge is 0.343 e. The Balaban J connectivity index is 1.76. The van der Waals surface area contributed by atoms with Crippen LogP contribution in [0.15, 0.2) is 0 Å². The van der Waals surface area contributed by atoms with Gasteiger partial charge in [0.15, 0.2) is 0 Å². The standard InChI is InChI=1S/C10H17NO/c1-8-6-9(8)7-10(12)11-4-2-3-5-11/h8-9H,2-7H2,1H3. The summed E-state index contributed by atoms with van der Waals surface area (Å²) in [6, 6.07) is 0. The van der Waals surface area contributed by atoms with E-state index in [2.05, 4.69) is 6.92 Å². The molecule has 1 aliphatic carbocycles. The highest BCUT2D eigenvalue weighted by molar-refractivity contribution is 5.77. The van der Waals surface area contributed by atoms with Gasteiger partial charge >= 0.3 is 0 Å². The Bertz CT molecular complexity index is 184. The normalized spacial score (nSPS) is 33.9. The third-order valence-electron chi connectivity index (χ3n) is 3.17. The van der Waals surface area contributed by atoms with Crippen LogP contribution in [0.1, 0.15) is 32.6 Å². The van der Waals surface area contributed by atoms with E-state index in [4.69, 9.17) is 0 Å². The number of rotatable bonds is 2. The van der Waals surface area contributed by atoms with Crippen LogP contribution in [0.25, 0.3) is 0 Å². The molecule has 0 bridgehead atoms. The molecule has 1 saturated carbocycles. The van der Waals surface area contributed by atoms with E-state index >= 15 is 0 Å². The van der Waals surface area contributed by atoms with E-state index in [0.717, 1.165) is 31.3 Å². The summed E-state index contributed by atoms with van der Waals surface area (Å²) in [7, 11) is 0. The van der Waals surface area contributed by atoms with Gasteiger partial charge in [-0.2, -0.15) is 0 Å². The van der Waals surface area contributed by atoms with Crippen LogP contribution >= 0.6 is 0 Å². The maximum atomic E-state index is 11.6. The Morgan fingerprint density at radius 1 is 1.42 bits per heavy atom. The molecule has 1 saturated heterocycles. The molecule has 0 radical (unpaired) electrons. The zero-order chi connectivity index (χ0) is 8.55. The first kappa shape index (κ1) is 8.09. The van der Waals surface area contributed by atoms with E-state index in [-0.39, 0.29) is 0 Å². The predicted octanol–water partition coefficient (Wildman–Crippen LogP) is 1.65. The molecular weight excluding hydrogens is 150 g/mol. The van der Waals surface area contributed by atoms with Crippen molar-refractivity contribution < 1.29 is 4.79 Å². The van der Waals surface area contributed by atoms with Crippen LogP contribution in [-0.2, 0) is 4.79 Å². The quantitative estimate of drug-likeness (QED) is 0.612. The summed E-state index contributed by atoms with van der Waals surface area (Å²) in [5.74, 6) is 1.94. The molecular formula is C10H17NO. The van der Waals surface area contributed by atoms with Gasteiger partial charge in [-0.1, -0.05) is 6.92 Å². The highest BCUT2D eigenvalue weighted by Gasteiger charge is 2.35. The van der Waals surface area contributed by atoms with E-state index in [9.17, 15) is 4.79 Å². The van der Waals surface area contributed by atoms with E-state index in [0.29, 0.717) is 5.91 Å². The molecule has 2 unspecified atom stereocenters. The number of hydrogen-bond acceptors (Lipinski definition) is 1. The lowest BCUT2D eigenvalue weighted by Gasteiger charge is -2.14. The van der Waals surface area contributed by atoms with Crippen molar-refractivity contribution in [1.82, 2.24) is 4.90 Å². The van der Waals surface area contributed by atoms with Gasteiger partial charge in [0.25, 0.3) is 0 Å². The zero-order valence-electron chi connectivity index (χ0n) is 7.75. The fourth-order valence-corrected chi connectivity index (χ4v) is 2.00. The Morgan fingerprint density at radius 3 is 2.50 bits per heavy atom. The molecule has 2 heteroatoms. The topological polar surface area (TPSA) is 20.3 Å². The second-order valence-electron chi connectivity index (χ2n) is 4.27. The molecule has 2 rings (SSSR count). The lowest BCUT2D eigenvalue weighted by atomic mass is 10.2. The second kappa shape index (κ2) is 3.08. The summed E-state index contributed by atoms with van der Waals surface area (Å²) in [4.78, 5) is 13.6. The van der Waals surface area contributed by atoms with Crippen molar-refractivity contribution in [3.05, 3.63) is 0 Å². The minimum Gasteiger partial charge on any atom is -0.343 e. The van der Waals surface area contributed by atoms with Gasteiger partial charge in [0.1, 0.15) is 0 Å². The van der Waals surface area contributed by atoms with Crippen molar-refractivity contribution in [1.29, 1.82) is 0 Å².